The highest BCUT2D eigenvalue weighted by Crippen LogP contribution is 2.37. The van der Waals surface area contributed by atoms with Gasteiger partial charge in [0, 0.05) is 31.6 Å². The van der Waals surface area contributed by atoms with Crippen molar-refractivity contribution in [1.29, 1.82) is 0 Å². The second-order valence-corrected chi connectivity index (χ2v) is 8.38. The first kappa shape index (κ1) is 25.2. The summed E-state index contributed by atoms with van der Waals surface area (Å²) in [6.45, 7) is 4.25. The Morgan fingerprint density at radius 2 is 1.76 bits per heavy atom. The van der Waals surface area contributed by atoms with E-state index in [4.69, 9.17) is 19.3 Å². The number of hydrogen-bond acceptors (Lipinski definition) is 6. The minimum atomic E-state index is -0.348. The monoisotopic (exact) mass is 467 g/mol. The summed E-state index contributed by atoms with van der Waals surface area (Å²) < 4.78 is 16.0. The number of benzene rings is 2. The largest absolute Gasteiger partial charge is 0.497 e. The number of nitrogens with zero attached hydrogens (tertiary/aromatic N) is 3. The van der Waals surface area contributed by atoms with Gasteiger partial charge in [-0.05, 0) is 35.9 Å². The fourth-order valence-corrected chi connectivity index (χ4v) is 3.95. The number of carbonyl (C=O) groups excluding carboxylic acids is 2. The van der Waals surface area contributed by atoms with Crippen molar-refractivity contribution in [1.82, 2.24) is 9.91 Å². The van der Waals surface area contributed by atoms with Crippen LogP contribution in [0.15, 0.2) is 53.6 Å². The van der Waals surface area contributed by atoms with Gasteiger partial charge in [0.15, 0.2) is 0 Å². The molecule has 0 spiro atoms. The number of hydrogen-bond donors (Lipinski definition) is 0. The Morgan fingerprint density at radius 3 is 2.38 bits per heavy atom. The van der Waals surface area contributed by atoms with Crippen LogP contribution in [-0.2, 0) is 14.3 Å². The van der Waals surface area contributed by atoms with Crippen LogP contribution >= 0.6 is 0 Å². The summed E-state index contributed by atoms with van der Waals surface area (Å²) in [7, 11) is 4.80. The second kappa shape index (κ2) is 11.7. The average molecular weight is 468 g/mol. The molecular weight excluding hydrogens is 434 g/mol. The molecule has 3 rings (SSSR count). The minimum Gasteiger partial charge on any atom is -0.497 e. The lowest BCUT2D eigenvalue weighted by Gasteiger charge is -2.28. The quantitative estimate of drug-likeness (QED) is 0.534. The molecule has 0 aromatic heterocycles. The lowest BCUT2D eigenvalue weighted by atomic mass is 9.97. The maximum atomic E-state index is 13.5. The van der Waals surface area contributed by atoms with E-state index >= 15 is 0 Å². The molecule has 0 bridgehead atoms. The summed E-state index contributed by atoms with van der Waals surface area (Å²) in [6, 6.07) is 14.9. The van der Waals surface area contributed by atoms with Crippen LogP contribution in [0.25, 0.3) is 0 Å². The molecule has 0 unspecified atom stereocenters. The average Bonchev–Trinajstić information content (AvgIpc) is 3.31. The topological polar surface area (TPSA) is 80.7 Å². The molecule has 0 fully saturated rings. The molecule has 0 saturated heterocycles. The van der Waals surface area contributed by atoms with Crippen molar-refractivity contribution in [2.24, 2.45) is 11.0 Å². The summed E-state index contributed by atoms with van der Waals surface area (Å²) in [5, 5.41) is 6.21. The van der Waals surface area contributed by atoms with E-state index in [0.717, 1.165) is 22.6 Å². The van der Waals surface area contributed by atoms with Crippen LogP contribution in [0.4, 0.5) is 0 Å². The van der Waals surface area contributed by atoms with Gasteiger partial charge in [-0.3, -0.25) is 9.59 Å². The highest BCUT2D eigenvalue weighted by Gasteiger charge is 2.36. The summed E-state index contributed by atoms with van der Waals surface area (Å²) in [6.07, 6.45) is 0.522. The molecule has 0 radical (unpaired) electrons. The van der Waals surface area contributed by atoms with Crippen molar-refractivity contribution in [3.63, 3.8) is 0 Å². The predicted octanol–water partition coefficient (Wildman–Crippen LogP) is 3.51. The number of rotatable bonds is 10. The molecule has 0 saturated carbocycles. The molecule has 2 aromatic rings. The van der Waals surface area contributed by atoms with Gasteiger partial charge in [-0.25, -0.2) is 5.01 Å². The van der Waals surface area contributed by atoms with Gasteiger partial charge in [0.05, 0.1) is 32.6 Å². The molecule has 8 heteroatoms. The first-order chi connectivity index (χ1) is 16.4. The van der Waals surface area contributed by atoms with E-state index in [1.807, 2.05) is 62.4 Å². The van der Waals surface area contributed by atoms with E-state index in [0.29, 0.717) is 25.3 Å². The highest BCUT2D eigenvalue weighted by molar-refractivity contribution is 6.03. The fourth-order valence-electron chi connectivity index (χ4n) is 3.95. The van der Waals surface area contributed by atoms with Crippen molar-refractivity contribution in [3.05, 3.63) is 59.7 Å². The van der Waals surface area contributed by atoms with E-state index in [-0.39, 0.29) is 30.3 Å². The van der Waals surface area contributed by atoms with Gasteiger partial charge in [-0.1, -0.05) is 32.0 Å². The van der Waals surface area contributed by atoms with Gasteiger partial charge >= 0.3 is 0 Å². The van der Waals surface area contributed by atoms with Gasteiger partial charge < -0.3 is 19.1 Å². The molecule has 8 nitrogen and oxygen atoms in total. The van der Waals surface area contributed by atoms with E-state index in [1.54, 1.807) is 21.3 Å². The molecule has 2 aromatic carbocycles. The molecule has 34 heavy (non-hydrogen) atoms. The van der Waals surface area contributed by atoms with Crippen LogP contribution < -0.4 is 9.47 Å². The van der Waals surface area contributed by atoms with Crippen LogP contribution in [0.5, 0.6) is 11.5 Å². The number of methoxy groups -OCH3 is 3. The summed E-state index contributed by atoms with van der Waals surface area (Å²) in [5.74, 6) is 0.845. The summed E-state index contributed by atoms with van der Waals surface area (Å²) in [4.78, 5) is 27.8. The number of ether oxygens (including phenoxy) is 3. The van der Waals surface area contributed by atoms with Crippen molar-refractivity contribution < 1.29 is 23.8 Å². The van der Waals surface area contributed by atoms with Crippen LogP contribution in [0.3, 0.4) is 0 Å². The maximum Gasteiger partial charge on any atom is 0.262 e. The number of hydrazone groups is 1. The molecule has 1 aliphatic rings. The molecular formula is C26H33N3O5. The Morgan fingerprint density at radius 1 is 1.06 bits per heavy atom. The molecule has 0 aliphatic carbocycles. The van der Waals surface area contributed by atoms with Crippen LogP contribution in [0.1, 0.15) is 37.4 Å². The first-order valence-corrected chi connectivity index (χ1v) is 11.3. The molecule has 1 aliphatic heterocycles. The maximum absolute atomic E-state index is 13.5. The normalized spacial score (nSPS) is 15.3. The molecule has 182 valence electrons. The Balaban J connectivity index is 1.94. The highest BCUT2D eigenvalue weighted by atomic mass is 16.5. The molecule has 2 amide bonds. The number of carbonyl (C=O) groups is 2. The second-order valence-electron chi connectivity index (χ2n) is 8.38. The molecule has 1 heterocycles. The minimum absolute atomic E-state index is 0.0780. The lowest BCUT2D eigenvalue weighted by Crippen LogP contribution is -2.44. The Labute approximate surface area is 201 Å². The van der Waals surface area contributed by atoms with E-state index in [9.17, 15) is 9.59 Å². The van der Waals surface area contributed by atoms with E-state index in [1.165, 1.54) is 9.91 Å². The SMILES string of the molecule is COCCN(CC(=O)N1N=C(c2ccc(OC)cc2)C[C@H]1c1ccccc1OC)C(=O)C(C)C. The van der Waals surface area contributed by atoms with Gasteiger partial charge in [-0.15, -0.1) is 0 Å². The van der Waals surface area contributed by atoms with Crippen molar-refractivity contribution in [3.8, 4) is 11.5 Å². The fraction of sp³-hybridized carbons (Fsp3) is 0.423. The van der Waals surface area contributed by atoms with Crippen molar-refractivity contribution in [2.45, 2.75) is 26.3 Å². The van der Waals surface area contributed by atoms with E-state index in [2.05, 4.69) is 0 Å². The van der Waals surface area contributed by atoms with Crippen LogP contribution in [0, 0.1) is 5.92 Å². The van der Waals surface area contributed by atoms with Crippen LogP contribution in [0.2, 0.25) is 0 Å². The van der Waals surface area contributed by atoms with Crippen molar-refractivity contribution in [2.75, 3.05) is 41.0 Å². The Bertz CT molecular complexity index is 1020. The van der Waals surface area contributed by atoms with Gasteiger partial charge in [0.25, 0.3) is 5.91 Å². The van der Waals surface area contributed by atoms with E-state index < -0.39 is 0 Å². The third-order valence-corrected chi connectivity index (χ3v) is 5.78. The lowest BCUT2D eigenvalue weighted by molar-refractivity contribution is -0.143. The Hall–Kier alpha value is -3.39. The zero-order valence-electron chi connectivity index (χ0n) is 20.5. The first-order valence-electron chi connectivity index (χ1n) is 11.3. The van der Waals surface area contributed by atoms with Crippen LogP contribution in [-0.4, -0.2) is 68.5 Å². The summed E-state index contributed by atoms with van der Waals surface area (Å²) >= 11 is 0. The third-order valence-electron chi connectivity index (χ3n) is 5.78. The molecule has 1 atom stereocenters. The zero-order chi connectivity index (χ0) is 24.7. The molecule has 0 N–H and O–H groups in total. The van der Waals surface area contributed by atoms with Gasteiger partial charge in [-0.2, -0.15) is 5.10 Å². The zero-order valence-corrected chi connectivity index (χ0v) is 20.5. The number of amides is 2. The standard InChI is InChI=1S/C26H33N3O5/c1-18(2)26(31)28(14-15-32-3)17-25(30)29-23(21-8-6-7-9-24(21)34-5)16-22(27-29)19-10-12-20(33-4)13-11-19/h6-13,18,23H,14-17H2,1-5H3/t23-/m0/s1. The summed E-state index contributed by atoms with van der Waals surface area (Å²) in [5.41, 5.74) is 2.56. The third kappa shape index (κ3) is 5.75. The predicted molar refractivity (Wildman–Crippen MR) is 130 cm³/mol. The Kier molecular flexibility index (Phi) is 8.65. The smallest absolute Gasteiger partial charge is 0.262 e. The van der Waals surface area contributed by atoms with Gasteiger partial charge in [0.1, 0.15) is 18.0 Å². The van der Waals surface area contributed by atoms with Crippen molar-refractivity contribution >= 4 is 17.5 Å². The van der Waals surface area contributed by atoms with Gasteiger partial charge in [0.2, 0.25) is 5.91 Å². The number of para-hydroxylation sites is 1.